The van der Waals surface area contributed by atoms with Crippen LogP contribution in [0.2, 0.25) is 0 Å². The van der Waals surface area contributed by atoms with Crippen LogP contribution < -0.4 is 10.6 Å². The lowest BCUT2D eigenvalue weighted by atomic mass is 10.1. The summed E-state index contributed by atoms with van der Waals surface area (Å²) in [6.07, 6.45) is 4.24. The molecule has 1 saturated carbocycles. The fourth-order valence-electron chi connectivity index (χ4n) is 3.52. The summed E-state index contributed by atoms with van der Waals surface area (Å²) < 4.78 is 13.4. The van der Waals surface area contributed by atoms with Crippen molar-refractivity contribution in [1.82, 2.24) is 25.3 Å². The van der Waals surface area contributed by atoms with Gasteiger partial charge in [0.05, 0.1) is 23.3 Å². The molecule has 0 amide bonds. The SMILES string of the molecule is Fc1ccc2nc(CNc3nc(C4CC4)nc4c3CCNCC4)[nH]c2c1. The van der Waals surface area contributed by atoms with Crippen molar-refractivity contribution in [2.24, 2.45) is 0 Å². The molecule has 134 valence electrons. The highest BCUT2D eigenvalue weighted by atomic mass is 19.1. The predicted octanol–water partition coefficient (Wildman–Crippen LogP) is 2.67. The van der Waals surface area contributed by atoms with Crippen molar-refractivity contribution in [3.05, 3.63) is 46.9 Å². The van der Waals surface area contributed by atoms with Crippen LogP contribution >= 0.6 is 0 Å². The molecule has 0 radical (unpaired) electrons. The lowest BCUT2D eigenvalue weighted by Gasteiger charge is -2.14. The molecule has 7 heteroatoms. The molecule has 2 aromatic heterocycles. The number of H-pyrrole nitrogens is 1. The molecule has 1 aromatic carbocycles. The van der Waals surface area contributed by atoms with E-state index in [0.717, 1.165) is 48.9 Å². The van der Waals surface area contributed by atoms with Crippen molar-refractivity contribution < 1.29 is 4.39 Å². The third-order valence-electron chi connectivity index (χ3n) is 5.06. The summed E-state index contributed by atoms with van der Waals surface area (Å²) in [5.41, 5.74) is 3.86. The number of anilines is 1. The second-order valence-electron chi connectivity index (χ2n) is 7.08. The van der Waals surface area contributed by atoms with Crippen LogP contribution in [0.25, 0.3) is 11.0 Å². The number of nitrogens with one attached hydrogen (secondary N) is 3. The quantitative estimate of drug-likeness (QED) is 0.673. The number of aromatic nitrogens is 4. The van der Waals surface area contributed by atoms with Crippen LogP contribution in [0.4, 0.5) is 10.2 Å². The van der Waals surface area contributed by atoms with Crippen molar-refractivity contribution in [2.45, 2.75) is 38.1 Å². The van der Waals surface area contributed by atoms with Crippen molar-refractivity contribution in [3.63, 3.8) is 0 Å². The lowest BCUT2D eigenvalue weighted by molar-refractivity contribution is 0.629. The average molecular weight is 352 g/mol. The molecule has 3 aromatic rings. The molecule has 5 rings (SSSR count). The van der Waals surface area contributed by atoms with Gasteiger partial charge in [-0.25, -0.2) is 19.3 Å². The van der Waals surface area contributed by atoms with E-state index in [0.29, 0.717) is 18.0 Å². The zero-order valence-electron chi connectivity index (χ0n) is 14.5. The highest BCUT2D eigenvalue weighted by molar-refractivity contribution is 5.75. The Morgan fingerprint density at radius 2 is 2.00 bits per heavy atom. The van der Waals surface area contributed by atoms with E-state index in [4.69, 9.17) is 9.97 Å². The molecule has 0 saturated heterocycles. The van der Waals surface area contributed by atoms with E-state index in [1.54, 1.807) is 6.07 Å². The maximum atomic E-state index is 13.4. The summed E-state index contributed by atoms with van der Waals surface area (Å²) in [6, 6.07) is 4.59. The van der Waals surface area contributed by atoms with E-state index in [1.807, 2.05) is 0 Å². The fourth-order valence-corrected chi connectivity index (χ4v) is 3.52. The first-order valence-corrected chi connectivity index (χ1v) is 9.25. The van der Waals surface area contributed by atoms with E-state index in [2.05, 4.69) is 20.6 Å². The van der Waals surface area contributed by atoms with E-state index in [1.165, 1.54) is 36.2 Å². The Kier molecular flexibility index (Phi) is 3.81. The van der Waals surface area contributed by atoms with Gasteiger partial charge in [0, 0.05) is 24.4 Å². The minimum absolute atomic E-state index is 0.261. The van der Waals surface area contributed by atoms with Crippen molar-refractivity contribution >= 4 is 16.9 Å². The Morgan fingerprint density at radius 3 is 2.88 bits per heavy atom. The van der Waals surface area contributed by atoms with Gasteiger partial charge in [-0.2, -0.15) is 0 Å². The first-order valence-electron chi connectivity index (χ1n) is 9.25. The highest BCUT2D eigenvalue weighted by Gasteiger charge is 2.29. The Labute approximate surface area is 150 Å². The summed E-state index contributed by atoms with van der Waals surface area (Å²) in [6.45, 7) is 2.43. The number of imidazole rings is 1. The van der Waals surface area contributed by atoms with E-state index >= 15 is 0 Å². The van der Waals surface area contributed by atoms with Gasteiger partial charge in [-0.15, -0.1) is 0 Å². The zero-order chi connectivity index (χ0) is 17.5. The van der Waals surface area contributed by atoms with Crippen LogP contribution in [0, 0.1) is 5.82 Å². The zero-order valence-corrected chi connectivity index (χ0v) is 14.5. The third-order valence-corrected chi connectivity index (χ3v) is 5.06. The molecule has 2 aliphatic rings. The second-order valence-corrected chi connectivity index (χ2v) is 7.08. The van der Waals surface area contributed by atoms with Gasteiger partial charge in [0.25, 0.3) is 0 Å². The molecule has 26 heavy (non-hydrogen) atoms. The van der Waals surface area contributed by atoms with Gasteiger partial charge in [-0.05, 0) is 44.0 Å². The minimum atomic E-state index is -0.261. The van der Waals surface area contributed by atoms with Gasteiger partial charge in [0.1, 0.15) is 23.3 Å². The molecule has 3 heterocycles. The Bertz CT molecular complexity index is 962. The molecule has 1 aliphatic carbocycles. The maximum absolute atomic E-state index is 13.4. The van der Waals surface area contributed by atoms with Crippen LogP contribution in [0.5, 0.6) is 0 Å². The molecule has 0 atom stereocenters. The Balaban J connectivity index is 1.44. The molecule has 0 bridgehead atoms. The van der Waals surface area contributed by atoms with Crippen LogP contribution in [-0.4, -0.2) is 33.0 Å². The van der Waals surface area contributed by atoms with Crippen molar-refractivity contribution in [3.8, 4) is 0 Å². The monoisotopic (exact) mass is 352 g/mol. The van der Waals surface area contributed by atoms with E-state index in [9.17, 15) is 4.39 Å². The molecular formula is C19H21FN6. The average Bonchev–Trinajstić information content (AvgIpc) is 3.43. The van der Waals surface area contributed by atoms with Gasteiger partial charge < -0.3 is 15.6 Å². The molecular weight excluding hydrogens is 331 g/mol. The van der Waals surface area contributed by atoms with Gasteiger partial charge in [-0.1, -0.05) is 0 Å². The summed E-state index contributed by atoms with van der Waals surface area (Å²) in [5.74, 6) is 2.93. The number of benzene rings is 1. The molecule has 0 unspecified atom stereocenters. The van der Waals surface area contributed by atoms with Crippen molar-refractivity contribution in [2.75, 3.05) is 18.4 Å². The normalized spacial score (nSPS) is 17.1. The highest BCUT2D eigenvalue weighted by Crippen LogP contribution is 2.39. The topological polar surface area (TPSA) is 78.5 Å². The van der Waals surface area contributed by atoms with Gasteiger partial charge >= 0.3 is 0 Å². The van der Waals surface area contributed by atoms with Crippen LogP contribution in [-0.2, 0) is 19.4 Å². The number of fused-ring (bicyclic) bond motifs is 2. The molecule has 3 N–H and O–H groups in total. The van der Waals surface area contributed by atoms with Gasteiger partial charge in [0.2, 0.25) is 0 Å². The number of hydrogen-bond acceptors (Lipinski definition) is 5. The lowest BCUT2D eigenvalue weighted by Crippen LogP contribution is -2.16. The van der Waals surface area contributed by atoms with Crippen LogP contribution in [0.3, 0.4) is 0 Å². The summed E-state index contributed by atoms with van der Waals surface area (Å²) >= 11 is 0. The first-order chi connectivity index (χ1) is 12.8. The maximum Gasteiger partial charge on any atom is 0.134 e. The molecule has 0 spiro atoms. The number of nitrogens with zero attached hydrogens (tertiary/aromatic N) is 3. The molecule has 1 aliphatic heterocycles. The first kappa shape index (κ1) is 15.7. The number of rotatable bonds is 4. The van der Waals surface area contributed by atoms with Gasteiger partial charge in [-0.3, -0.25) is 0 Å². The standard InChI is InChI=1S/C19H21FN6/c20-12-3-4-15-16(9-12)24-17(23-15)10-22-19-13-5-7-21-8-6-14(13)25-18(26-19)11-1-2-11/h3-4,9,11,21H,1-2,5-8,10H2,(H,23,24)(H,22,25,26). The largest absolute Gasteiger partial charge is 0.362 e. The van der Waals surface area contributed by atoms with Crippen molar-refractivity contribution in [1.29, 1.82) is 0 Å². The molecule has 6 nitrogen and oxygen atoms in total. The third kappa shape index (κ3) is 3.03. The minimum Gasteiger partial charge on any atom is -0.362 e. The number of hydrogen-bond donors (Lipinski definition) is 3. The number of aromatic amines is 1. The summed E-state index contributed by atoms with van der Waals surface area (Å²) in [7, 11) is 0. The molecule has 1 fully saturated rings. The Hall–Kier alpha value is -2.54. The summed E-state index contributed by atoms with van der Waals surface area (Å²) in [5, 5.41) is 6.88. The second kappa shape index (κ2) is 6.32. The smallest absolute Gasteiger partial charge is 0.134 e. The van der Waals surface area contributed by atoms with Crippen LogP contribution in [0.15, 0.2) is 18.2 Å². The Morgan fingerprint density at radius 1 is 1.12 bits per heavy atom. The van der Waals surface area contributed by atoms with Crippen LogP contribution in [0.1, 0.15) is 41.7 Å². The predicted molar refractivity (Wildman–Crippen MR) is 97.7 cm³/mol. The number of halogens is 1. The van der Waals surface area contributed by atoms with Gasteiger partial charge in [0.15, 0.2) is 0 Å². The summed E-state index contributed by atoms with van der Waals surface area (Å²) in [4.78, 5) is 17.4. The fraction of sp³-hybridized carbons (Fsp3) is 0.421. The van der Waals surface area contributed by atoms with E-state index < -0.39 is 0 Å². The van der Waals surface area contributed by atoms with E-state index in [-0.39, 0.29) is 5.82 Å².